The molecule has 0 fully saturated rings. The summed E-state index contributed by atoms with van der Waals surface area (Å²) in [6, 6.07) is 15.2. The Hall–Kier alpha value is -2.73. The third-order valence-electron chi connectivity index (χ3n) is 4.19. The van der Waals surface area contributed by atoms with E-state index in [4.69, 9.17) is 4.52 Å². The fraction of sp³-hybridized carbons (Fsp3) is 0.150. The Morgan fingerprint density at radius 1 is 1.15 bits per heavy atom. The van der Waals surface area contributed by atoms with E-state index in [2.05, 4.69) is 37.6 Å². The fourth-order valence-electron chi connectivity index (χ4n) is 3.00. The van der Waals surface area contributed by atoms with Crippen LogP contribution < -0.4 is 5.43 Å². The molecule has 0 unspecified atom stereocenters. The normalized spacial score (nSPS) is 11.2. The van der Waals surface area contributed by atoms with Crippen LogP contribution in [0.1, 0.15) is 13.3 Å². The largest absolute Gasteiger partial charge is 0.346 e. The molecule has 0 N–H and O–H groups in total. The molecule has 4 rings (SSSR count). The van der Waals surface area contributed by atoms with Gasteiger partial charge in [0.1, 0.15) is 5.56 Å². The zero-order chi connectivity index (χ0) is 18.1. The highest BCUT2D eigenvalue weighted by molar-refractivity contribution is 9.10. The van der Waals surface area contributed by atoms with Gasteiger partial charge < -0.3 is 9.09 Å². The number of nitrogens with zero attached hydrogens (tertiary/aromatic N) is 3. The summed E-state index contributed by atoms with van der Waals surface area (Å²) in [5, 5.41) is 4.70. The van der Waals surface area contributed by atoms with E-state index >= 15 is 0 Å². The number of halogens is 1. The Kier molecular flexibility index (Phi) is 4.42. The minimum atomic E-state index is -0.0996. The third kappa shape index (κ3) is 2.97. The van der Waals surface area contributed by atoms with E-state index in [1.807, 2.05) is 54.7 Å². The van der Waals surface area contributed by atoms with Crippen molar-refractivity contribution in [2.75, 3.05) is 0 Å². The van der Waals surface area contributed by atoms with Gasteiger partial charge in [0, 0.05) is 28.2 Å². The number of aryl methyl sites for hydroxylation is 1. The molecule has 26 heavy (non-hydrogen) atoms. The van der Waals surface area contributed by atoms with Crippen LogP contribution in [0, 0.1) is 0 Å². The number of aromatic nitrogens is 3. The van der Waals surface area contributed by atoms with Crippen molar-refractivity contribution in [1.29, 1.82) is 0 Å². The summed E-state index contributed by atoms with van der Waals surface area (Å²) < 4.78 is 8.41. The minimum Gasteiger partial charge on any atom is -0.346 e. The lowest BCUT2D eigenvalue weighted by Crippen LogP contribution is -2.12. The van der Waals surface area contributed by atoms with E-state index < -0.39 is 0 Å². The zero-order valence-electron chi connectivity index (χ0n) is 14.1. The van der Waals surface area contributed by atoms with Crippen LogP contribution in [0.2, 0.25) is 0 Å². The first-order valence-corrected chi connectivity index (χ1v) is 9.19. The van der Waals surface area contributed by atoms with Crippen molar-refractivity contribution < 1.29 is 4.52 Å². The summed E-state index contributed by atoms with van der Waals surface area (Å²) in [4.78, 5) is 17.4. The van der Waals surface area contributed by atoms with E-state index in [9.17, 15) is 4.79 Å². The fourth-order valence-corrected chi connectivity index (χ4v) is 3.40. The molecule has 2 aromatic heterocycles. The molecular formula is C20H16BrN3O2. The molecule has 0 saturated heterocycles. The van der Waals surface area contributed by atoms with Crippen molar-refractivity contribution in [3.8, 4) is 22.8 Å². The predicted octanol–water partition coefficient (Wildman–Crippen LogP) is 4.89. The second-order valence-electron chi connectivity index (χ2n) is 6.02. The molecule has 0 aliphatic rings. The average Bonchev–Trinajstić information content (AvgIpc) is 3.14. The van der Waals surface area contributed by atoms with Crippen LogP contribution in [0.25, 0.3) is 33.7 Å². The van der Waals surface area contributed by atoms with Gasteiger partial charge in [-0.25, -0.2) is 0 Å². The Balaban J connectivity index is 1.87. The van der Waals surface area contributed by atoms with Crippen LogP contribution in [-0.2, 0) is 6.54 Å². The maximum Gasteiger partial charge on any atom is 0.263 e. The van der Waals surface area contributed by atoms with Crippen molar-refractivity contribution in [2.45, 2.75) is 19.9 Å². The third-order valence-corrected chi connectivity index (χ3v) is 4.68. The summed E-state index contributed by atoms with van der Waals surface area (Å²) in [6.45, 7) is 2.91. The van der Waals surface area contributed by atoms with Gasteiger partial charge in [-0.1, -0.05) is 52.3 Å². The summed E-state index contributed by atoms with van der Waals surface area (Å²) >= 11 is 3.44. The van der Waals surface area contributed by atoms with Crippen molar-refractivity contribution in [1.82, 2.24) is 14.7 Å². The standard InChI is InChI=1S/C20H16BrN3O2/c1-2-10-24-12-16(18(25)15-8-3-4-9-17(15)24)20-22-19(23-26-20)13-6-5-7-14(21)11-13/h3-9,11-12H,2,10H2,1H3. The molecule has 0 atom stereocenters. The van der Waals surface area contributed by atoms with E-state index in [0.717, 1.165) is 28.5 Å². The monoisotopic (exact) mass is 409 g/mol. The van der Waals surface area contributed by atoms with Crippen molar-refractivity contribution >= 4 is 26.8 Å². The average molecular weight is 410 g/mol. The van der Waals surface area contributed by atoms with Crippen molar-refractivity contribution in [3.05, 3.63) is 69.4 Å². The molecule has 5 nitrogen and oxygen atoms in total. The molecule has 0 saturated carbocycles. The molecule has 6 heteroatoms. The summed E-state index contributed by atoms with van der Waals surface area (Å²) in [5.74, 6) is 0.691. The van der Waals surface area contributed by atoms with Crippen LogP contribution in [-0.4, -0.2) is 14.7 Å². The Bertz CT molecular complexity index is 1150. The first-order valence-electron chi connectivity index (χ1n) is 8.39. The van der Waals surface area contributed by atoms with Gasteiger partial charge in [-0.05, 0) is 30.7 Å². The number of hydrogen-bond donors (Lipinski definition) is 0. The first kappa shape index (κ1) is 16.7. The van der Waals surface area contributed by atoms with Gasteiger partial charge in [0.25, 0.3) is 5.89 Å². The highest BCUT2D eigenvalue weighted by atomic mass is 79.9. The van der Waals surface area contributed by atoms with Crippen LogP contribution >= 0.6 is 15.9 Å². The molecule has 0 spiro atoms. The molecule has 2 aromatic carbocycles. The predicted molar refractivity (Wildman–Crippen MR) is 105 cm³/mol. The number of benzene rings is 2. The molecule has 130 valence electrons. The highest BCUT2D eigenvalue weighted by Gasteiger charge is 2.17. The molecule has 0 aliphatic heterocycles. The molecule has 0 radical (unpaired) electrons. The Labute approximate surface area is 158 Å². The molecule has 0 aliphatic carbocycles. The van der Waals surface area contributed by atoms with Gasteiger partial charge in [0.15, 0.2) is 0 Å². The molecule has 0 amide bonds. The molecule has 2 heterocycles. The quantitative estimate of drug-likeness (QED) is 0.481. The zero-order valence-corrected chi connectivity index (χ0v) is 15.7. The number of hydrogen-bond acceptors (Lipinski definition) is 4. The SMILES string of the molecule is CCCn1cc(-c2nc(-c3cccc(Br)c3)no2)c(=O)c2ccccc21. The van der Waals surface area contributed by atoms with E-state index in [1.165, 1.54) is 0 Å². The summed E-state index contributed by atoms with van der Waals surface area (Å²) in [5.41, 5.74) is 2.06. The molecular weight excluding hydrogens is 394 g/mol. The molecule has 0 bridgehead atoms. The maximum absolute atomic E-state index is 12.9. The van der Waals surface area contributed by atoms with Crippen molar-refractivity contribution in [3.63, 3.8) is 0 Å². The first-order chi connectivity index (χ1) is 12.7. The summed E-state index contributed by atoms with van der Waals surface area (Å²) in [7, 11) is 0. The minimum absolute atomic E-state index is 0.0996. The van der Waals surface area contributed by atoms with Crippen molar-refractivity contribution in [2.24, 2.45) is 0 Å². The van der Waals surface area contributed by atoms with Crippen LogP contribution in [0.4, 0.5) is 0 Å². The van der Waals surface area contributed by atoms with E-state index in [1.54, 1.807) is 0 Å². The van der Waals surface area contributed by atoms with Crippen LogP contribution in [0.3, 0.4) is 0 Å². The number of fused-ring (bicyclic) bond motifs is 1. The highest BCUT2D eigenvalue weighted by Crippen LogP contribution is 2.24. The lowest BCUT2D eigenvalue weighted by molar-refractivity contribution is 0.431. The molecule has 4 aromatic rings. The maximum atomic E-state index is 12.9. The second-order valence-corrected chi connectivity index (χ2v) is 6.93. The number of pyridine rings is 1. The van der Waals surface area contributed by atoms with Gasteiger partial charge in [0.05, 0.1) is 5.52 Å². The lowest BCUT2D eigenvalue weighted by atomic mass is 10.1. The summed E-state index contributed by atoms with van der Waals surface area (Å²) in [6.07, 6.45) is 2.77. The number of rotatable bonds is 4. The van der Waals surface area contributed by atoms with Gasteiger partial charge >= 0.3 is 0 Å². The van der Waals surface area contributed by atoms with Gasteiger partial charge in [-0.3, -0.25) is 4.79 Å². The second kappa shape index (κ2) is 6.88. The van der Waals surface area contributed by atoms with Crippen LogP contribution in [0.15, 0.2) is 68.5 Å². The Morgan fingerprint density at radius 2 is 2.00 bits per heavy atom. The number of para-hydroxylation sites is 1. The van der Waals surface area contributed by atoms with Gasteiger partial charge in [0.2, 0.25) is 11.3 Å². The van der Waals surface area contributed by atoms with Crippen LogP contribution in [0.5, 0.6) is 0 Å². The van der Waals surface area contributed by atoms with E-state index in [0.29, 0.717) is 16.8 Å². The van der Waals surface area contributed by atoms with Gasteiger partial charge in [-0.2, -0.15) is 4.98 Å². The van der Waals surface area contributed by atoms with Gasteiger partial charge in [-0.15, -0.1) is 0 Å². The Morgan fingerprint density at radius 3 is 2.81 bits per heavy atom. The smallest absolute Gasteiger partial charge is 0.263 e. The van der Waals surface area contributed by atoms with E-state index in [-0.39, 0.29) is 11.3 Å². The lowest BCUT2D eigenvalue weighted by Gasteiger charge is -2.10. The topological polar surface area (TPSA) is 60.9 Å².